The summed E-state index contributed by atoms with van der Waals surface area (Å²) in [5.41, 5.74) is -3.78. The quantitative estimate of drug-likeness (QED) is 0.723. The number of hydrogen-bond acceptors (Lipinski definition) is 5. The fourth-order valence-electron chi connectivity index (χ4n) is 2.24. The number of alkyl halides is 3. The summed E-state index contributed by atoms with van der Waals surface area (Å²) in [4.78, 5) is 23.4. The van der Waals surface area contributed by atoms with Gasteiger partial charge in [0, 0.05) is 0 Å². The molecule has 3 atom stereocenters. The van der Waals surface area contributed by atoms with E-state index in [1.165, 1.54) is 30.6 Å². The Bertz CT molecular complexity index is 560. The molecule has 0 bridgehead atoms. The number of furan rings is 1. The van der Waals surface area contributed by atoms with Gasteiger partial charge in [-0.25, -0.2) is 4.79 Å². The van der Waals surface area contributed by atoms with Crippen LogP contribution >= 0.6 is 0 Å². The number of urea groups is 1. The van der Waals surface area contributed by atoms with Gasteiger partial charge in [0.1, 0.15) is 17.7 Å². The largest absolute Gasteiger partial charge is 0.467 e. The van der Waals surface area contributed by atoms with Gasteiger partial charge in [-0.15, -0.1) is 0 Å². The number of carbonyl (C=O) groups is 2. The van der Waals surface area contributed by atoms with Crippen LogP contribution in [0.5, 0.6) is 0 Å². The maximum atomic E-state index is 13.2. The van der Waals surface area contributed by atoms with E-state index < -0.39 is 35.9 Å². The number of hydrogen-bond donors (Lipinski definition) is 3. The van der Waals surface area contributed by atoms with Crippen molar-refractivity contribution in [3.63, 3.8) is 0 Å². The van der Waals surface area contributed by atoms with E-state index in [9.17, 15) is 27.9 Å². The average Bonchev–Trinajstić information content (AvgIpc) is 2.90. The van der Waals surface area contributed by atoms with Crippen molar-refractivity contribution in [1.29, 1.82) is 0 Å². The highest BCUT2D eigenvalue weighted by atomic mass is 19.4. The molecular weight excluding hydrogens is 309 g/mol. The monoisotopic (exact) mass is 322 g/mol. The molecule has 1 aliphatic heterocycles. The van der Waals surface area contributed by atoms with E-state index in [0.29, 0.717) is 0 Å². The van der Waals surface area contributed by atoms with Gasteiger partial charge in [-0.1, -0.05) is 0 Å². The van der Waals surface area contributed by atoms with Gasteiger partial charge in [0.05, 0.1) is 12.9 Å². The summed E-state index contributed by atoms with van der Waals surface area (Å²) in [6, 6.07) is -0.173. The van der Waals surface area contributed by atoms with E-state index in [0.717, 1.165) is 0 Å². The van der Waals surface area contributed by atoms with Crippen LogP contribution in [0, 0.1) is 5.92 Å². The molecule has 0 aromatic carbocycles. The highest BCUT2D eigenvalue weighted by Crippen LogP contribution is 2.43. The molecule has 1 fully saturated rings. The molecule has 1 aromatic heterocycles. The van der Waals surface area contributed by atoms with Gasteiger partial charge in [0.15, 0.2) is 0 Å². The van der Waals surface area contributed by atoms with Crippen molar-refractivity contribution >= 4 is 12.0 Å². The molecule has 0 aliphatic carbocycles. The molecule has 2 rings (SSSR count). The van der Waals surface area contributed by atoms with Crippen LogP contribution in [0.1, 0.15) is 18.7 Å². The Morgan fingerprint density at radius 1 is 1.55 bits per heavy atom. The van der Waals surface area contributed by atoms with E-state index in [1.807, 2.05) is 0 Å². The van der Waals surface area contributed by atoms with Crippen LogP contribution < -0.4 is 10.6 Å². The van der Waals surface area contributed by atoms with E-state index in [2.05, 4.69) is 10.1 Å². The number of halogens is 3. The Hall–Kier alpha value is -2.23. The normalized spacial score (nSPS) is 28.7. The Morgan fingerprint density at radius 3 is 2.73 bits per heavy atom. The standard InChI is InChI=1S/C12H13F3N2O5/c1-2-21-9(18)7-8(6-4-3-5-22-6)16-10(19)17-11(7,20)12(13,14)15/h3-5,7-8,20H,2H2,1H3,(H2,16,17,19)/t7-,8+,11+/m1/s1. The highest BCUT2D eigenvalue weighted by Gasteiger charge is 2.67. The number of ether oxygens (including phenoxy) is 1. The van der Waals surface area contributed by atoms with Crippen molar-refractivity contribution in [3.8, 4) is 0 Å². The minimum atomic E-state index is -5.30. The molecular formula is C12H13F3N2O5. The number of esters is 1. The Labute approximate surface area is 122 Å². The van der Waals surface area contributed by atoms with Gasteiger partial charge in [-0.05, 0) is 19.1 Å². The molecule has 1 aromatic rings. The Morgan fingerprint density at radius 2 is 2.23 bits per heavy atom. The number of aliphatic hydroxyl groups is 1. The van der Waals surface area contributed by atoms with Gasteiger partial charge in [0.2, 0.25) is 0 Å². The molecule has 0 saturated carbocycles. The lowest BCUT2D eigenvalue weighted by molar-refractivity contribution is -0.294. The van der Waals surface area contributed by atoms with Crippen molar-refractivity contribution in [1.82, 2.24) is 10.6 Å². The average molecular weight is 322 g/mol. The number of amides is 2. The van der Waals surface area contributed by atoms with E-state index >= 15 is 0 Å². The van der Waals surface area contributed by atoms with Crippen LogP contribution in [-0.4, -0.2) is 35.6 Å². The second-order valence-electron chi connectivity index (χ2n) is 4.59. The Balaban J connectivity index is 2.51. The van der Waals surface area contributed by atoms with Crippen LogP contribution in [0.4, 0.5) is 18.0 Å². The maximum absolute atomic E-state index is 13.2. The summed E-state index contributed by atoms with van der Waals surface area (Å²) in [6.45, 7) is 1.21. The smallest absolute Gasteiger partial charge is 0.437 e. The first-order valence-corrected chi connectivity index (χ1v) is 6.28. The first-order chi connectivity index (χ1) is 10.2. The van der Waals surface area contributed by atoms with Gasteiger partial charge in [0.25, 0.3) is 5.72 Å². The van der Waals surface area contributed by atoms with E-state index in [4.69, 9.17) is 4.42 Å². The number of rotatable bonds is 3. The second-order valence-corrected chi connectivity index (χ2v) is 4.59. The lowest BCUT2D eigenvalue weighted by Crippen LogP contribution is -2.73. The van der Waals surface area contributed by atoms with E-state index in [1.54, 1.807) is 0 Å². The predicted octanol–water partition coefficient (Wildman–Crippen LogP) is 1.06. The third-order valence-electron chi connectivity index (χ3n) is 3.20. The molecule has 0 unspecified atom stereocenters. The zero-order chi connectivity index (χ0) is 16.5. The molecule has 2 amide bonds. The molecule has 10 heteroatoms. The van der Waals surface area contributed by atoms with Crippen molar-refractivity contribution in [3.05, 3.63) is 24.2 Å². The number of carbonyl (C=O) groups excluding carboxylic acids is 2. The predicted molar refractivity (Wildman–Crippen MR) is 64.2 cm³/mol. The first-order valence-electron chi connectivity index (χ1n) is 6.28. The first kappa shape index (κ1) is 16.1. The lowest BCUT2D eigenvalue weighted by Gasteiger charge is -2.43. The molecule has 3 N–H and O–H groups in total. The number of nitrogens with one attached hydrogen (secondary N) is 2. The van der Waals surface area contributed by atoms with Crippen LogP contribution in [-0.2, 0) is 9.53 Å². The Kier molecular flexibility index (Phi) is 4.05. The van der Waals surface area contributed by atoms with Crippen molar-refractivity contribution < 1.29 is 37.0 Å². The van der Waals surface area contributed by atoms with Crippen LogP contribution in [0.15, 0.2) is 22.8 Å². The van der Waals surface area contributed by atoms with Crippen LogP contribution in [0.3, 0.4) is 0 Å². The summed E-state index contributed by atoms with van der Waals surface area (Å²) < 4.78 is 49.3. The van der Waals surface area contributed by atoms with Crippen molar-refractivity contribution in [2.24, 2.45) is 5.92 Å². The molecule has 1 aliphatic rings. The maximum Gasteiger partial charge on any atom is 0.437 e. The fraction of sp³-hybridized carbons (Fsp3) is 0.500. The third-order valence-corrected chi connectivity index (χ3v) is 3.20. The molecule has 22 heavy (non-hydrogen) atoms. The topological polar surface area (TPSA) is 101 Å². The molecule has 122 valence electrons. The van der Waals surface area contributed by atoms with Gasteiger partial charge in [-0.3, -0.25) is 4.79 Å². The minimum Gasteiger partial charge on any atom is -0.467 e. The zero-order valence-corrected chi connectivity index (χ0v) is 11.3. The summed E-state index contributed by atoms with van der Waals surface area (Å²) in [5.74, 6) is -3.61. The SMILES string of the molecule is CCOC(=O)[C@H]1[C@H](c2ccco2)NC(=O)N[C@@]1(O)C(F)(F)F. The van der Waals surface area contributed by atoms with Crippen molar-refractivity contribution in [2.45, 2.75) is 24.9 Å². The van der Waals surface area contributed by atoms with Gasteiger partial charge < -0.3 is 24.9 Å². The molecule has 1 saturated heterocycles. The molecule has 2 heterocycles. The molecule has 0 spiro atoms. The third kappa shape index (κ3) is 2.61. The van der Waals surface area contributed by atoms with Gasteiger partial charge >= 0.3 is 18.2 Å². The summed E-state index contributed by atoms with van der Waals surface area (Å²) in [6.07, 6.45) is -4.13. The lowest BCUT2D eigenvalue weighted by atomic mass is 9.84. The van der Waals surface area contributed by atoms with Gasteiger partial charge in [-0.2, -0.15) is 13.2 Å². The fourth-order valence-corrected chi connectivity index (χ4v) is 2.24. The molecule has 7 nitrogen and oxygen atoms in total. The second kappa shape index (κ2) is 5.52. The minimum absolute atomic E-state index is 0.115. The zero-order valence-electron chi connectivity index (χ0n) is 11.3. The van der Waals surface area contributed by atoms with Crippen LogP contribution in [0.25, 0.3) is 0 Å². The van der Waals surface area contributed by atoms with Crippen molar-refractivity contribution in [2.75, 3.05) is 6.61 Å². The summed E-state index contributed by atoms with van der Waals surface area (Å²) in [7, 11) is 0. The molecule has 0 radical (unpaired) electrons. The highest BCUT2D eigenvalue weighted by molar-refractivity contribution is 5.83. The summed E-state index contributed by atoms with van der Waals surface area (Å²) >= 11 is 0. The van der Waals surface area contributed by atoms with E-state index in [-0.39, 0.29) is 12.4 Å². The van der Waals surface area contributed by atoms with Crippen LogP contribution in [0.2, 0.25) is 0 Å². The summed E-state index contributed by atoms with van der Waals surface area (Å²) in [5, 5.41) is 13.4.